The molecule has 1 aromatic carbocycles. The van der Waals surface area contributed by atoms with Crippen LogP contribution < -0.4 is 14.8 Å². The molecule has 2 aliphatic rings. The molecule has 9 nitrogen and oxygen atoms in total. The number of rotatable bonds is 5. The number of anilines is 1. The number of hydrogen-bond acceptors (Lipinski definition) is 7. The molecule has 33 heavy (non-hydrogen) atoms. The molecular formula is C23H27N7O2S. The lowest BCUT2D eigenvalue weighted by molar-refractivity contribution is -0.125. The predicted octanol–water partition coefficient (Wildman–Crippen LogP) is 3.60. The summed E-state index contributed by atoms with van der Waals surface area (Å²) < 4.78 is 11.9. The Balaban J connectivity index is 1.45. The number of carbonyl (C=O) groups excluding carboxylic acids is 1. The number of aromatic nitrogens is 5. The predicted molar refractivity (Wildman–Crippen MR) is 129 cm³/mol. The second-order valence-electron chi connectivity index (χ2n) is 9.03. The average Bonchev–Trinajstić information content (AvgIpc) is 3.51. The zero-order valence-corrected chi connectivity index (χ0v) is 20.0. The van der Waals surface area contributed by atoms with E-state index in [2.05, 4.69) is 45.5 Å². The van der Waals surface area contributed by atoms with E-state index in [1.54, 1.807) is 43.0 Å². The van der Waals surface area contributed by atoms with Gasteiger partial charge < -0.3 is 10.5 Å². The number of nitrogens with zero attached hydrogens (tertiary/aromatic N) is 6. The van der Waals surface area contributed by atoms with Crippen molar-refractivity contribution >= 4 is 29.4 Å². The van der Waals surface area contributed by atoms with Gasteiger partial charge in [-0.15, -0.1) is 0 Å². The quantitative estimate of drug-likeness (QED) is 0.574. The number of primary amides is 1. The molecule has 0 fully saturated rings. The fourth-order valence-electron chi connectivity index (χ4n) is 4.00. The van der Waals surface area contributed by atoms with E-state index in [1.165, 1.54) is 10.5 Å². The largest absolute Gasteiger partial charge is 0.493 e. The topological polar surface area (TPSA) is 104 Å². The maximum atomic E-state index is 11.8. The van der Waals surface area contributed by atoms with Gasteiger partial charge in [-0.3, -0.25) is 13.8 Å². The first-order valence-electron chi connectivity index (χ1n) is 11.0. The minimum absolute atomic E-state index is 0.238. The zero-order valence-electron chi connectivity index (χ0n) is 19.1. The first-order valence-corrected chi connectivity index (χ1v) is 11.7. The van der Waals surface area contributed by atoms with Crippen LogP contribution in [0.3, 0.4) is 0 Å². The molecule has 0 aliphatic carbocycles. The third-order valence-electron chi connectivity index (χ3n) is 6.11. The normalized spacial score (nSPS) is 16.0. The van der Waals surface area contributed by atoms with E-state index in [1.807, 2.05) is 16.9 Å². The average molecular weight is 466 g/mol. The summed E-state index contributed by atoms with van der Waals surface area (Å²) in [6.07, 6.45) is 6.06. The molecule has 5 rings (SSSR count). The molecule has 0 atom stereocenters. The van der Waals surface area contributed by atoms with Crippen LogP contribution in [0.15, 0.2) is 41.8 Å². The van der Waals surface area contributed by atoms with Gasteiger partial charge in [0.15, 0.2) is 0 Å². The summed E-state index contributed by atoms with van der Waals surface area (Å²) in [5.74, 6) is 1.29. The van der Waals surface area contributed by atoms with Crippen LogP contribution in [0.4, 0.5) is 5.95 Å². The summed E-state index contributed by atoms with van der Waals surface area (Å²) in [7, 11) is 0. The fraction of sp³-hybridized carbons (Fsp3) is 0.391. The van der Waals surface area contributed by atoms with Crippen LogP contribution in [0.1, 0.15) is 45.7 Å². The van der Waals surface area contributed by atoms with Gasteiger partial charge in [-0.25, -0.2) is 4.68 Å². The summed E-state index contributed by atoms with van der Waals surface area (Å²) in [4.78, 5) is 17.6. The van der Waals surface area contributed by atoms with E-state index in [0.29, 0.717) is 6.61 Å². The van der Waals surface area contributed by atoms with Gasteiger partial charge in [-0.2, -0.15) is 15.2 Å². The monoisotopic (exact) mass is 465 g/mol. The second-order valence-corrected chi connectivity index (χ2v) is 10.2. The molecule has 0 spiro atoms. The molecule has 0 radical (unpaired) electrons. The molecule has 0 saturated carbocycles. The highest BCUT2D eigenvalue weighted by Crippen LogP contribution is 2.46. The van der Waals surface area contributed by atoms with E-state index in [0.717, 1.165) is 41.4 Å². The van der Waals surface area contributed by atoms with Gasteiger partial charge in [-0.05, 0) is 56.8 Å². The minimum Gasteiger partial charge on any atom is -0.493 e. The molecule has 2 aliphatic heterocycles. The van der Waals surface area contributed by atoms with Crippen molar-refractivity contribution in [3.63, 3.8) is 0 Å². The Morgan fingerprint density at radius 2 is 2.06 bits per heavy atom. The Morgan fingerprint density at radius 1 is 1.24 bits per heavy atom. The number of carbonyl (C=O) groups is 1. The smallest absolute Gasteiger partial charge is 0.244 e. The lowest BCUT2D eigenvalue weighted by Gasteiger charge is -2.20. The number of amides is 1. The van der Waals surface area contributed by atoms with Crippen molar-refractivity contribution in [3.8, 4) is 16.9 Å². The van der Waals surface area contributed by atoms with Crippen LogP contribution in [-0.2, 0) is 10.3 Å². The van der Waals surface area contributed by atoms with E-state index < -0.39 is 11.4 Å². The van der Waals surface area contributed by atoms with Crippen molar-refractivity contribution in [2.24, 2.45) is 5.73 Å². The number of ether oxygens (including phenoxy) is 1. The van der Waals surface area contributed by atoms with Crippen LogP contribution in [0.25, 0.3) is 16.7 Å². The molecule has 4 heterocycles. The van der Waals surface area contributed by atoms with Crippen LogP contribution in [-0.4, -0.2) is 43.6 Å². The zero-order chi connectivity index (χ0) is 23.3. The van der Waals surface area contributed by atoms with Gasteiger partial charge in [0, 0.05) is 28.6 Å². The summed E-state index contributed by atoms with van der Waals surface area (Å²) in [6.45, 7) is 9.07. The molecule has 3 aromatic rings. The van der Waals surface area contributed by atoms with Crippen LogP contribution in [0.2, 0.25) is 0 Å². The van der Waals surface area contributed by atoms with E-state index >= 15 is 0 Å². The lowest BCUT2D eigenvalue weighted by Crippen LogP contribution is -2.41. The first kappa shape index (κ1) is 21.6. The van der Waals surface area contributed by atoms with Crippen molar-refractivity contribution in [3.05, 3.63) is 47.4 Å². The molecule has 0 saturated heterocycles. The van der Waals surface area contributed by atoms with E-state index in [9.17, 15) is 4.79 Å². The number of nitrogens with two attached hydrogens (primary N) is 1. The van der Waals surface area contributed by atoms with Crippen LogP contribution in [0, 0.1) is 0 Å². The highest BCUT2D eigenvalue weighted by Gasteiger charge is 2.32. The molecular weight excluding hydrogens is 438 g/mol. The van der Waals surface area contributed by atoms with Gasteiger partial charge in [0.25, 0.3) is 0 Å². The SMILES string of the molecule is CC(C)n1ncnc1N1CC2=C(CCOc3cc(-c4cnn(C(C)(C)C(N)=O)c4)ccc32)S1. The van der Waals surface area contributed by atoms with E-state index in [4.69, 9.17) is 10.5 Å². The first-order chi connectivity index (χ1) is 15.8. The maximum Gasteiger partial charge on any atom is 0.244 e. The fourth-order valence-corrected chi connectivity index (χ4v) is 5.13. The van der Waals surface area contributed by atoms with E-state index in [-0.39, 0.29) is 6.04 Å². The highest BCUT2D eigenvalue weighted by molar-refractivity contribution is 8.04. The van der Waals surface area contributed by atoms with Gasteiger partial charge in [-0.1, -0.05) is 12.1 Å². The standard InChI is InChI=1S/C23H27N7O2S/c1-14(2)30-22(25-13-27-30)28-12-18-17-6-5-15(9-19(17)32-8-7-20(18)33-28)16-10-26-29(11-16)23(3,4)21(24)31/h5-6,9-11,13-14H,7-8,12H2,1-4H3,(H2,24,31). The van der Waals surface area contributed by atoms with Crippen molar-refractivity contribution in [2.45, 2.75) is 45.7 Å². The molecule has 172 valence electrons. The Hall–Kier alpha value is -3.27. The molecule has 10 heteroatoms. The second kappa shape index (κ2) is 7.95. The third kappa shape index (κ3) is 3.68. The maximum absolute atomic E-state index is 11.8. The number of hydrogen-bond donors (Lipinski definition) is 1. The summed E-state index contributed by atoms with van der Waals surface area (Å²) in [6, 6.07) is 6.47. The number of fused-ring (bicyclic) bond motifs is 2. The summed E-state index contributed by atoms with van der Waals surface area (Å²) >= 11 is 1.72. The van der Waals surface area contributed by atoms with Gasteiger partial charge in [0.1, 0.15) is 17.6 Å². The Morgan fingerprint density at radius 3 is 2.82 bits per heavy atom. The molecule has 2 N–H and O–H groups in total. The molecule has 0 bridgehead atoms. The summed E-state index contributed by atoms with van der Waals surface area (Å²) in [5, 5.41) is 8.76. The molecule has 0 unspecified atom stereocenters. The molecule has 1 amide bonds. The minimum atomic E-state index is -0.902. The Kier molecular flexibility index (Phi) is 5.19. The third-order valence-corrected chi connectivity index (χ3v) is 7.29. The molecule has 2 aromatic heterocycles. The van der Waals surface area contributed by atoms with Gasteiger partial charge in [0.05, 0.1) is 25.4 Å². The van der Waals surface area contributed by atoms with Crippen LogP contribution >= 0.6 is 11.9 Å². The summed E-state index contributed by atoms with van der Waals surface area (Å²) in [5.41, 5.74) is 8.89. The van der Waals surface area contributed by atoms with Crippen molar-refractivity contribution in [1.82, 2.24) is 24.5 Å². The highest BCUT2D eigenvalue weighted by atomic mass is 32.2. The lowest BCUT2D eigenvalue weighted by atomic mass is 10.00. The Labute approximate surface area is 196 Å². The van der Waals surface area contributed by atoms with Gasteiger partial charge in [0.2, 0.25) is 11.9 Å². The van der Waals surface area contributed by atoms with Crippen molar-refractivity contribution < 1.29 is 9.53 Å². The van der Waals surface area contributed by atoms with Crippen molar-refractivity contribution in [2.75, 3.05) is 17.5 Å². The van der Waals surface area contributed by atoms with Gasteiger partial charge >= 0.3 is 0 Å². The number of benzene rings is 1. The Bertz CT molecular complexity index is 1260. The van der Waals surface area contributed by atoms with Crippen molar-refractivity contribution in [1.29, 1.82) is 0 Å². The van der Waals surface area contributed by atoms with Crippen LogP contribution in [0.5, 0.6) is 5.75 Å².